The van der Waals surface area contributed by atoms with E-state index in [0.717, 1.165) is 41.8 Å². The first-order valence-electron chi connectivity index (χ1n) is 10.4. The summed E-state index contributed by atoms with van der Waals surface area (Å²) in [5.74, 6) is 0.511. The molecular formula is C26H24N2O2. The summed E-state index contributed by atoms with van der Waals surface area (Å²) < 4.78 is 2.19. The Morgan fingerprint density at radius 2 is 1.37 bits per heavy atom. The van der Waals surface area contributed by atoms with Crippen LogP contribution in [-0.2, 0) is 6.42 Å². The Kier molecular flexibility index (Phi) is 4.75. The van der Waals surface area contributed by atoms with E-state index < -0.39 is 0 Å². The molecule has 1 aliphatic carbocycles. The lowest BCUT2D eigenvalue weighted by molar-refractivity contribution is 0.292. The lowest BCUT2D eigenvalue weighted by atomic mass is 9.91. The number of rotatable bonds is 5. The lowest BCUT2D eigenvalue weighted by Crippen LogP contribution is -2.19. The van der Waals surface area contributed by atoms with E-state index in [-0.39, 0.29) is 11.5 Å². The van der Waals surface area contributed by atoms with Gasteiger partial charge in [0.15, 0.2) is 0 Å². The quantitative estimate of drug-likeness (QED) is 0.439. The third kappa shape index (κ3) is 3.45. The molecular weight excluding hydrogens is 372 g/mol. The summed E-state index contributed by atoms with van der Waals surface area (Å²) in [4.78, 5) is 0. The van der Waals surface area contributed by atoms with E-state index in [4.69, 9.17) is 5.10 Å². The molecule has 1 aliphatic rings. The molecule has 4 heteroatoms. The number of phenolic OH excluding ortho intramolecular Hbond substituents is 2. The molecule has 0 bridgehead atoms. The molecule has 0 aliphatic heterocycles. The van der Waals surface area contributed by atoms with Gasteiger partial charge in [-0.1, -0.05) is 30.3 Å². The van der Waals surface area contributed by atoms with Crippen LogP contribution in [0.2, 0.25) is 0 Å². The number of aromatic nitrogens is 2. The summed E-state index contributed by atoms with van der Waals surface area (Å²) in [6, 6.07) is 25.5. The van der Waals surface area contributed by atoms with Crippen LogP contribution in [0, 0.1) is 0 Å². The summed E-state index contributed by atoms with van der Waals surface area (Å²) >= 11 is 0. The number of hydrogen-bond acceptors (Lipinski definition) is 3. The van der Waals surface area contributed by atoms with E-state index in [1.54, 1.807) is 24.3 Å². The second kappa shape index (κ2) is 7.71. The second-order valence-electron chi connectivity index (χ2n) is 7.96. The largest absolute Gasteiger partial charge is 0.508 e. The lowest BCUT2D eigenvalue weighted by Gasteiger charge is -2.28. The Morgan fingerprint density at radius 1 is 0.767 bits per heavy atom. The highest BCUT2D eigenvalue weighted by Gasteiger charge is 2.28. The molecule has 0 saturated heterocycles. The molecule has 2 N–H and O–H groups in total. The number of benzene rings is 3. The maximum atomic E-state index is 9.81. The first-order valence-corrected chi connectivity index (χ1v) is 10.4. The maximum Gasteiger partial charge on any atom is 0.115 e. The molecule has 0 amide bonds. The molecule has 1 aromatic heterocycles. The molecule has 1 heterocycles. The van der Waals surface area contributed by atoms with Crippen LogP contribution in [0.15, 0.2) is 78.9 Å². The van der Waals surface area contributed by atoms with E-state index >= 15 is 0 Å². The molecule has 0 unspecified atom stereocenters. The van der Waals surface area contributed by atoms with Crippen molar-refractivity contribution in [3.63, 3.8) is 0 Å². The normalized spacial score (nSPS) is 13.9. The molecule has 1 fully saturated rings. The van der Waals surface area contributed by atoms with Crippen molar-refractivity contribution in [1.29, 1.82) is 0 Å². The van der Waals surface area contributed by atoms with Gasteiger partial charge in [-0.15, -0.1) is 0 Å². The first-order chi connectivity index (χ1) is 14.7. The van der Waals surface area contributed by atoms with Gasteiger partial charge in [0.05, 0.1) is 17.4 Å². The average Bonchev–Trinajstić information content (AvgIpc) is 3.07. The monoisotopic (exact) mass is 396 g/mol. The molecule has 30 heavy (non-hydrogen) atoms. The second-order valence-corrected chi connectivity index (χ2v) is 7.96. The van der Waals surface area contributed by atoms with Crippen molar-refractivity contribution in [3.8, 4) is 34.0 Å². The number of hydrogen-bond donors (Lipinski definition) is 2. The highest BCUT2D eigenvalue weighted by Crippen LogP contribution is 2.41. The van der Waals surface area contributed by atoms with E-state index in [1.807, 2.05) is 30.3 Å². The Balaban J connectivity index is 1.73. The van der Waals surface area contributed by atoms with Gasteiger partial charge in [-0.3, -0.25) is 4.68 Å². The van der Waals surface area contributed by atoms with Gasteiger partial charge < -0.3 is 10.2 Å². The molecule has 3 aromatic carbocycles. The van der Waals surface area contributed by atoms with Crippen LogP contribution in [0.5, 0.6) is 11.5 Å². The molecule has 0 radical (unpaired) electrons. The zero-order valence-electron chi connectivity index (χ0n) is 16.7. The molecule has 4 aromatic rings. The van der Waals surface area contributed by atoms with Crippen molar-refractivity contribution in [2.75, 3.05) is 0 Å². The van der Waals surface area contributed by atoms with Gasteiger partial charge in [0, 0.05) is 23.1 Å². The number of aromatic hydroxyl groups is 2. The highest BCUT2D eigenvalue weighted by atomic mass is 16.3. The molecule has 5 rings (SSSR count). The van der Waals surface area contributed by atoms with Crippen molar-refractivity contribution in [3.05, 3.63) is 90.0 Å². The fourth-order valence-corrected chi connectivity index (χ4v) is 4.11. The van der Waals surface area contributed by atoms with Gasteiger partial charge in [0.1, 0.15) is 11.5 Å². The molecule has 0 atom stereocenters. The van der Waals surface area contributed by atoms with E-state index in [1.165, 1.54) is 17.5 Å². The van der Waals surface area contributed by atoms with Crippen LogP contribution in [-0.4, -0.2) is 20.0 Å². The van der Waals surface area contributed by atoms with Crippen LogP contribution in [0.1, 0.15) is 36.4 Å². The van der Waals surface area contributed by atoms with Crippen LogP contribution >= 0.6 is 0 Å². The van der Waals surface area contributed by atoms with E-state index in [2.05, 4.69) is 28.9 Å². The summed E-state index contributed by atoms with van der Waals surface area (Å²) in [7, 11) is 0. The predicted molar refractivity (Wildman–Crippen MR) is 119 cm³/mol. The zero-order chi connectivity index (χ0) is 20.5. The van der Waals surface area contributed by atoms with Gasteiger partial charge >= 0.3 is 0 Å². The summed E-state index contributed by atoms with van der Waals surface area (Å²) in [6.07, 6.45) is 4.25. The minimum absolute atomic E-state index is 0.251. The van der Waals surface area contributed by atoms with Crippen LogP contribution in [0.25, 0.3) is 22.5 Å². The summed E-state index contributed by atoms with van der Waals surface area (Å²) in [5.41, 5.74) is 6.52. The average molecular weight is 396 g/mol. The first kappa shape index (κ1) is 18.5. The smallest absolute Gasteiger partial charge is 0.115 e. The summed E-state index contributed by atoms with van der Waals surface area (Å²) in [6.45, 7) is 0. The Hall–Kier alpha value is -3.53. The molecule has 150 valence electrons. The molecule has 0 spiro atoms. The van der Waals surface area contributed by atoms with Crippen molar-refractivity contribution in [1.82, 2.24) is 9.78 Å². The minimum Gasteiger partial charge on any atom is -0.508 e. The van der Waals surface area contributed by atoms with Gasteiger partial charge in [0.25, 0.3) is 0 Å². The van der Waals surface area contributed by atoms with Crippen LogP contribution in [0.3, 0.4) is 0 Å². The van der Waals surface area contributed by atoms with Crippen molar-refractivity contribution < 1.29 is 10.2 Å². The van der Waals surface area contributed by atoms with Crippen molar-refractivity contribution in [2.45, 2.75) is 31.7 Å². The van der Waals surface area contributed by atoms with E-state index in [9.17, 15) is 10.2 Å². The zero-order valence-corrected chi connectivity index (χ0v) is 16.7. The Labute approximate surface area is 176 Å². The van der Waals surface area contributed by atoms with Gasteiger partial charge in [0.2, 0.25) is 0 Å². The van der Waals surface area contributed by atoms with Crippen LogP contribution < -0.4 is 0 Å². The van der Waals surface area contributed by atoms with E-state index in [0.29, 0.717) is 6.04 Å². The molecule has 1 saturated carbocycles. The Bertz CT molecular complexity index is 1140. The van der Waals surface area contributed by atoms with Gasteiger partial charge in [-0.2, -0.15) is 5.10 Å². The Morgan fingerprint density at radius 3 is 1.93 bits per heavy atom. The fourth-order valence-electron chi connectivity index (χ4n) is 4.11. The third-order valence-electron chi connectivity index (χ3n) is 5.93. The standard InChI is InChI=1S/C26H24N2O2/c29-22-13-9-19(10-14-22)25-24(17-18-5-2-1-3-6-18)26(20-11-15-23(30)16-12-20)28(27-25)21-7-4-8-21/h1-3,5-6,9-16,21,29-30H,4,7-8,17H2. The van der Waals surface area contributed by atoms with Gasteiger partial charge in [-0.05, 0) is 73.4 Å². The predicted octanol–water partition coefficient (Wildman–Crippen LogP) is 5.94. The topological polar surface area (TPSA) is 58.3 Å². The van der Waals surface area contributed by atoms with Crippen molar-refractivity contribution in [2.24, 2.45) is 0 Å². The third-order valence-corrected chi connectivity index (χ3v) is 5.93. The number of nitrogens with zero attached hydrogens (tertiary/aromatic N) is 2. The van der Waals surface area contributed by atoms with Crippen LogP contribution in [0.4, 0.5) is 0 Å². The number of phenols is 2. The maximum absolute atomic E-state index is 9.81. The van der Waals surface area contributed by atoms with Gasteiger partial charge in [-0.25, -0.2) is 0 Å². The SMILES string of the molecule is Oc1ccc(-c2nn(C3CCC3)c(-c3ccc(O)cc3)c2Cc2ccccc2)cc1. The minimum atomic E-state index is 0.251. The molecule has 4 nitrogen and oxygen atoms in total. The highest BCUT2D eigenvalue weighted by molar-refractivity contribution is 5.76. The van der Waals surface area contributed by atoms with Crippen molar-refractivity contribution >= 4 is 0 Å². The fraction of sp³-hybridized carbons (Fsp3) is 0.192. The summed E-state index contributed by atoms with van der Waals surface area (Å²) in [5, 5.41) is 24.7.